The van der Waals surface area contributed by atoms with Gasteiger partial charge in [0, 0.05) is 30.8 Å². The monoisotopic (exact) mass is 421 g/mol. The van der Waals surface area contributed by atoms with Crippen molar-refractivity contribution in [2.45, 2.75) is 6.54 Å². The first-order chi connectivity index (χ1) is 14.6. The number of ether oxygens (including phenoxy) is 1. The van der Waals surface area contributed by atoms with Crippen molar-refractivity contribution in [3.05, 3.63) is 76.7 Å². The maximum atomic E-state index is 12.9. The number of nitrogens with one attached hydrogen (secondary N) is 1. The Bertz CT molecular complexity index is 1040. The first-order valence-corrected chi connectivity index (χ1v) is 10.6. The van der Waals surface area contributed by atoms with Crippen molar-refractivity contribution in [1.29, 1.82) is 0 Å². The van der Waals surface area contributed by atoms with Gasteiger partial charge in [0.2, 0.25) is 5.91 Å². The molecule has 4 rings (SSSR count). The van der Waals surface area contributed by atoms with Gasteiger partial charge in [-0.15, -0.1) is 11.3 Å². The van der Waals surface area contributed by atoms with E-state index in [0.29, 0.717) is 30.2 Å². The van der Waals surface area contributed by atoms with Crippen molar-refractivity contribution < 1.29 is 14.3 Å². The molecule has 3 N–H and O–H groups in total. The third kappa shape index (κ3) is 4.53. The van der Waals surface area contributed by atoms with Gasteiger partial charge in [-0.25, -0.2) is 0 Å². The molecule has 2 heterocycles. The molecule has 1 saturated heterocycles. The highest BCUT2D eigenvalue weighted by Crippen LogP contribution is 2.39. The van der Waals surface area contributed by atoms with E-state index in [0.717, 1.165) is 34.8 Å². The number of amides is 2. The van der Waals surface area contributed by atoms with Crippen LogP contribution in [0.5, 0.6) is 0 Å². The number of carbonyl (C=O) groups is 2. The number of benzene rings is 2. The van der Waals surface area contributed by atoms with Gasteiger partial charge in [-0.2, -0.15) is 0 Å². The van der Waals surface area contributed by atoms with Crippen molar-refractivity contribution in [3.63, 3.8) is 0 Å². The van der Waals surface area contributed by atoms with Gasteiger partial charge < -0.3 is 20.7 Å². The van der Waals surface area contributed by atoms with E-state index in [1.54, 1.807) is 18.2 Å². The molecule has 0 spiro atoms. The van der Waals surface area contributed by atoms with Crippen LogP contribution < -0.4 is 16.0 Å². The van der Waals surface area contributed by atoms with E-state index in [2.05, 4.69) is 22.3 Å². The van der Waals surface area contributed by atoms with E-state index in [9.17, 15) is 9.59 Å². The lowest BCUT2D eigenvalue weighted by molar-refractivity contribution is 0.0954. The van der Waals surface area contributed by atoms with E-state index in [1.807, 2.05) is 30.3 Å². The number of hydrogen-bond donors (Lipinski definition) is 2. The summed E-state index contributed by atoms with van der Waals surface area (Å²) >= 11 is 1.50. The van der Waals surface area contributed by atoms with Crippen LogP contribution >= 0.6 is 11.3 Å². The Labute approximate surface area is 179 Å². The number of primary amides is 1. The second-order valence-electron chi connectivity index (χ2n) is 7.04. The molecule has 0 radical (unpaired) electrons. The summed E-state index contributed by atoms with van der Waals surface area (Å²) < 4.78 is 5.49. The smallest absolute Gasteiger partial charge is 0.261 e. The number of nitrogens with zero attached hydrogens (tertiary/aromatic N) is 1. The Balaban J connectivity index is 1.56. The van der Waals surface area contributed by atoms with Crippen molar-refractivity contribution in [3.8, 4) is 11.1 Å². The number of carbonyl (C=O) groups excluding carboxylic acids is 2. The first kappa shape index (κ1) is 20.1. The molecule has 0 saturated carbocycles. The standard InChI is InChI=1S/C23H23N3O3S/c24-21(27)18-8-4-5-16(13-18)15-25-22(28)20-14-19(17-6-2-1-3-7-17)23(30-20)26-9-11-29-12-10-26/h1-8,13-14H,9-12,15H2,(H2,24,27)(H,25,28). The minimum atomic E-state index is -0.482. The largest absolute Gasteiger partial charge is 0.378 e. The second-order valence-corrected chi connectivity index (χ2v) is 8.07. The molecule has 1 fully saturated rings. The molecule has 2 amide bonds. The van der Waals surface area contributed by atoms with Crippen molar-refractivity contribution in [2.24, 2.45) is 5.73 Å². The summed E-state index contributed by atoms with van der Waals surface area (Å²) in [7, 11) is 0. The molecule has 2 aromatic carbocycles. The fourth-order valence-electron chi connectivity index (χ4n) is 3.42. The number of anilines is 1. The highest BCUT2D eigenvalue weighted by atomic mass is 32.1. The van der Waals surface area contributed by atoms with E-state index < -0.39 is 5.91 Å². The summed E-state index contributed by atoms with van der Waals surface area (Å²) in [5.41, 5.74) is 8.74. The zero-order valence-electron chi connectivity index (χ0n) is 16.5. The van der Waals surface area contributed by atoms with E-state index in [1.165, 1.54) is 11.3 Å². The Morgan fingerprint density at radius 2 is 1.80 bits per heavy atom. The van der Waals surface area contributed by atoms with Crippen LogP contribution in [0.1, 0.15) is 25.6 Å². The van der Waals surface area contributed by atoms with Crippen molar-refractivity contribution in [2.75, 3.05) is 31.2 Å². The lowest BCUT2D eigenvalue weighted by atomic mass is 10.1. The molecule has 1 aromatic heterocycles. The molecular weight excluding hydrogens is 398 g/mol. The van der Waals surface area contributed by atoms with Gasteiger partial charge in [0.15, 0.2) is 0 Å². The summed E-state index contributed by atoms with van der Waals surface area (Å²) in [5.74, 6) is -0.620. The molecule has 0 bridgehead atoms. The maximum absolute atomic E-state index is 12.9. The lowest BCUT2D eigenvalue weighted by Gasteiger charge is -2.28. The summed E-state index contributed by atoms with van der Waals surface area (Å²) in [6.45, 7) is 3.31. The Morgan fingerprint density at radius 3 is 2.53 bits per heavy atom. The molecule has 0 unspecified atom stereocenters. The normalized spacial score (nSPS) is 13.8. The maximum Gasteiger partial charge on any atom is 0.261 e. The first-order valence-electron chi connectivity index (χ1n) is 9.81. The Kier molecular flexibility index (Phi) is 6.11. The number of morpholine rings is 1. The predicted molar refractivity (Wildman–Crippen MR) is 119 cm³/mol. The summed E-state index contributed by atoms with van der Waals surface area (Å²) in [6, 6.07) is 19.0. The lowest BCUT2D eigenvalue weighted by Crippen LogP contribution is -2.35. The zero-order valence-corrected chi connectivity index (χ0v) is 17.3. The minimum Gasteiger partial charge on any atom is -0.378 e. The van der Waals surface area contributed by atoms with Gasteiger partial charge in [-0.05, 0) is 29.3 Å². The van der Waals surface area contributed by atoms with Gasteiger partial charge in [-0.3, -0.25) is 9.59 Å². The second kappa shape index (κ2) is 9.11. The molecule has 3 aromatic rings. The predicted octanol–water partition coefficient (Wildman–Crippen LogP) is 3.28. The molecule has 7 heteroatoms. The van der Waals surface area contributed by atoms with Gasteiger partial charge in [0.1, 0.15) is 0 Å². The number of hydrogen-bond acceptors (Lipinski definition) is 5. The van der Waals surface area contributed by atoms with E-state index in [4.69, 9.17) is 10.5 Å². The molecule has 0 aliphatic carbocycles. The van der Waals surface area contributed by atoms with Crippen LogP contribution in [-0.4, -0.2) is 38.1 Å². The van der Waals surface area contributed by atoms with Gasteiger partial charge in [-0.1, -0.05) is 42.5 Å². The SMILES string of the molecule is NC(=O)c1cccc(CNC(=O)c2cc(-c3ccccc3)c(N3CCOCC3)s2)c1. The molecule has 30 heavy (non-hydrogen) atoms. The fraction of sp³-hybridized carbons (Fsp3) is 0.217. The van der Waals surface area contributed by atoms with Gasteiger partial charge in [0.05, 0.1) is 23.1 Å². The van der Waals surface area contributed by atoms with Crippen LogP contribution in [0.4, 0.5) is 5.00 Å². The van der Waals surface area contributed by atoms with Gasteiger partial charge in [0.25, 0.3) is 5.91 Å². The number of thiophene rings is 1. The van der Waals surface area contributed by atoms with E-state index in [-0.39, 0.29) is 5.91 Å². The van der Waals surface area contributed by atoms with Gasteiger partial charge >= 0.3 is 0 Å². The average molecular weight is 422 g/mol. The zero-order chi connectivity index (χ0) is 20.9. The van der Waals surface area contributed by atoms with Crippen LogP contribution in [-0.2, 0) is 11.3 Å². The van der Waals surface area contributed by atoms with Crippen LogP contribution in [0.15, 0.2) is 60.7 Å². The molecule has 6 nitrogen and oxygen atoms in total. The van der Waals surface area contributed by atoms with E-state index >= 15 is 0 Å². The molecule has 1 aliphatic heterocycles. The number of nitrogens with two attached hydrogens (primary N) is 1. The Morgan fingerprint density at radius 1 is 1.03 bits per heavy atom. The summed E-state index contributed by atoms with van der Waals surface area (Å²) in [4.78, 5) is 27.2. The topological polar surface area (TPSA) is 84.7 Å². The molecule has 1 aliphatic rings. The highest BCUT2D eigenvalue weighted by Gasteiger charge is 2.21. The summed E-state index contributed by atoms with van der Waals surface area (Å²) in [6.07, 6.45) is 0. The fourth-order valence-corrected chi connectivity index (χ4v) is 4.57. The minimum absolute atomic E-state index is 0.138. The summed E-state index contributed by atoms with van der Waals surface area (Å²) in [5, 5.41) is 4.04. The third-order valence-electron chi connectivity index (χ3n) is 4.98. The van der Waals surface area contributed by atoms with Crippen molar-refractivity contribution in [1.82, 2.24) is 5.32 Å². The van der Waals surface area contributed by atoms with Crippen LogP contribution in [0.25, 0.3) is 11.1 Å². The molecule has 154 valence electrons. The van der Waals surface area contributed by atoms with Crippen LogP contribution in [0.2, 0.25) is 0 Å². The molecule has 0 atom stereocenters. The van der Waals surface area contributed by atoms with Crippen molar-refractivity contribution >= 4 is 28.2 Å². The average Bonchev–Trinajstić information content (AvgIpc) is 3.24. The van der Waals surface area contributed by atoms with Crippen LogP contribution in [0, 0.1) is 0 Å². The number of rotatable bonds is 6. The highest BCUT2D eigenvalue weighted by molar-refractivity contribution is 7.18. The Hall–Kier alpha value is -3.16. The third-order valence-corrected chi connectivity index (χ3v) is 6.18. The quantitative estimate of drug-likeness (QED) is 0.640. The molecular formula is C23H23N3O3S. The van der Waals surface area contributed by atoms with Crippen LogP contribution in [0.3, 0.4) is 0 Å².